The molecule has 16 heavy (non-hydrogen) atoms. The first-order valence-electron chi connectivity index (χ1n) is 5.00. The predicted molar refractivity (Wildman–Crippen MR) is 64.2 cm³/mol. The molecule has 3 rings (SSSR count). The Balaban J connectivity index is 2.35. The average molecular weight is 228 g/mol. The standard InChI is InChI=1S/C13H8O2S/c14-7-9-6-12(15)11-5-8-3-1-2-4-10(8)13(11)16-9/h1-4,6-7H,5H2. The van der Waals surface area contributed by atoms with Gasteiger partial charge in [-0.05, 0) is 11.1 Å². The van der Waals surface area contributed by atoms with Gasteiger partial charge < -0.3 is 0 Å². The van der Waals surface area contributed by atoms with Crippen LogP contribution in [0.2, 0.25) is 0 Å². The maximum Gasteiger partial charge on any atom is 0.185 e. The van der Waals surface area contributed by atoms with Gasteiger partial charge in [0.15, 0.2) is 11.7 Å². The summed E-state index contributed by atoms with van der Waals surface area (Å²) in [4.78, 5) is 24.0. The highest BCUT2D eigenvalue weighted by Crippen LogP contribution is 2.37. The molecule has 1 aliphatic carbocycles. The number of hydrogen-bond acceptors (Lipinski definition) is 3. The van der Waals surface area contributed by atoms with E-state index in [-0.39, 0.29) is 5.43 Å². The fourth-order valence-electron chi connectivity index (χ4n) is 2.07. The molecule has 2 nitrogen and oxygen atoms in total. The van der Waals surface area contributed by atoms with E-state index in [4.69, 9.17) is 0 Å². The van der Waals surface area contributed by atoms with Gasteiger partial charge in [0, 0.05) is 22.9 Å². The fourth-order valence-corrected chi connectivity index (χ4v) is 3.12. The molecule has 0 radical (unpaired) electrons. The Kier molecular flexibility index (Phi) is 2.01. The third kappa shape index (κ3) is 1.25. The molecule has 1 aromatic carbocycles. The van der Waals surface area contributed by atoms with Crippen molar-refractivity contribution in [1.29, 1.82) is 0 Å². The summed E-state index contributed by atoms with van der Waals surface area (Å²) in [7, 11) is 0. The Morgan fingerprint density at radius 2 is 2.06 bits per heavy atom. The van der Waals surface area contributed by atoms with Gasteiger partial charge in [0.2, 0.25) is 0 Å². The van der Waals surface area contributed by atoms with E-state index in [0.717, 1.165) is 22.3 Å². The van der Waals surface area contributed by atoms with Crippen LogP contribution in [-0.2, 0) is 6.42 Å². The zero-order valence-corrected chi connectivity index (χ0v) is 9.21. The number of aldehydes is 1. The Morgan fingerprint density at radius 3 is 2.88 bits per heavy atom. The number of carbonyl (C=O) groups is 1. The van der Waals surface area contributed by atoms with Crippen LogP contribution < -0.4 is 5.43 Å². The molecule has 1 heterocycles. The van der Waals surface area contributed by atoms with Gasteiger partial charge in [-0.2, -0.15) is 0 Å². The van der Waals surface area contributed by atoms with Crippen LogP contribution in [0.25, 0.3) is 10.4 Å². The summed E-state index contributed by atoms with van der Waals surface area (Å²) in [5, 5.41) is 0. The number of carbonyl (C=O) groups excluding carboxylic acids is 1. The molecule has 2 aromatic rings. The lowest BCUT2D eigenvalue weighted by Gasteiger charge is -1.99. The monoisotopic (exact) mass is 228 g/mol. The molecule has 3 heteroatoms. The van der Waals surface area contributed by atoms with Gasteiger partial charge in [0.25, 0.3) is 0 Å². The molecule has 78 valence electrons. The van der Waals surface area contributed by atoms with E-state index in [1.165, 1.54) is 23.0 Å². The van der Waals surface area contributed by atoms with E-state index < -0.39 is 0 Å². The van der Waals surface area contributed by atoms with Crippen LogP contribution >= 0.6 is 11.3 Å². The van der Waals surface area contributed by atoms with Gasteiger partial charge in [0.05, 0.1) is 4.88 Å². The Bertz CT molecular complexity index is 641. The molecule has 0 atom stereocenters. The second kappa shape index (κ2) is 3.39. The lowest BCUT2D eigenvalue weighted by molar-refractivity contribution is 0.112. The third-order valence-electron chi connectivity index (χ3n) is 2.81. The minimum Gasteiger partial charge on any atom is -0.297 e. The number of rotatable bonds is 1. The van der Waals surface area contributed by atoms with Crippen molar-refractivity contribution in [2.45, 2.75) is 6.42 Å². The predicted octanol–water partition coefficient (Wildman–Crippen LogP) is 2.49. The maximum absolute atomic E-state index is 11.8. The van der Waals surface area contributed by atoms with Gasteiger partial charge in [0.1, 0.15) is 0 Å². The van der Waals surface area contributed by atoms with E-state index in [1.807, 2.05) is 24.3 Å². The molecule has 1 aromatic heterocycles. The maximum atomic E-state index is 11.8. The molecule has 0 fully saturated rings. The summed E-state index contributed by atoms with van der Waals surface area (Å²) in [6.07, 6.45) is 1.44. The van der Waals surface area contributed by atoms with E-state index in [1.54, 1.807) is 0 Å². The van der Waals surface area contributed by atoms with Gasteiger partial charge in [-0.15, -0.1) is 11.3 Å². The van der Waals surface area contributed by atoms with Crippen LogP contribution in [-0.4, -0.2) is 6.29 Å². The van der Waals surface area contributed by atoms with Crippen LogP contribution in [0.15, 0.2) is 35.1 Å². The van der Waals surface area contributed by atoms with Crippen molar-refractivity contribution in [3.05, 3.63) is 56.6 Å². The van der Waals surface area contributed by atoms with E-state index in [0.29, 0.717) is 11.3 Å². The Hall–Kier alpha value is -1.74. The molecular formula is C13H8O2S. The second-order valence-electron chi connectivity index (χ2n) is 3.77. The topological polar surface area (TPSA) is 34.1 Å². The van der Waals surface area contributed by atoms with Gasteiger partial charge >= 0.3 is 0 Å². The molecule has 0 saturated heterocycles. The highest BCUT2D eigenvalue weighted by Gasteiger charge is 2.21. The van der Waals surface area contributed by atoms with Crippen molar-refractivity contribution >= 4 is 17.6 Å². The van der Waals surface area contributed by atoms with Crippen molar-refractivity contribution in [2.75, 3.05) is 0 Å². The van der Waals surface area contributed by atoms with Gasteiger partial charge in [-0.3, -0.25) is 9.59 Å². The van der Waals surface area contributed by atoms with Gasteiger partial charge in [-0.1, -0.05) is 24.3 Å². The summed E-state index contributed by atoms with van der Waals surface area (Å²) in [6, 6.07) is 9.40. The molecular weight excluding hydrogens is 220 g/mol. The molecule has 0 aliphatic heterocycles. The normalized spacial score (nSPS) is 12.0. The first kappa shape index (κ1) is 9.48. The third-order valence-corrected chi connectivity index (χ3v) is 3.93. The van der Waals surface area contributed by atoms with Crippen LogP contribution in [0, 0.1) is 0 Å². The van der Waals surface area contributed by atoms with Crippen LogP contribution in [0.5, 0.6) is 0 Å². The Labute approximate surface area is 96.2 Å². The van der Waals surface area contributed by atoms with Crippen LogP contribution in [0.3, 0.4) is 0 Å². The summed E-state index contributed by atoms with van der Waals surface area (Å²) in [5.74, 6) is 0. The smallest absolute Gasteiger partial charge is 0.185 e. The molecule has 0 saturated carbocycles. The van der Waals surface area contributed by atoms with Crippen molar-refractivity contribution in [1.82, 2.24) is 0 Å². The first-order chi connectivity index (χ1) is 7.79. The van der Waals surface area contributed by atoms with Crippen molar-refractivity contribution < 1.29 is 4.79 Å². The van der Waals surface area contributed by atoms with Crippen molar-refractivity contribution in [3.8, 4) is 10.4 Å². The average Bonchev–Trinajstić information content (AvgIpc) is 2.68. The molecule has 0 bridgehead atoms. The molecule has 0 N–H and O–H groups in total. The number of hydrogen-bond donors (Lipinski definition) is 0. The fraction of sp³-hybridized carbons (Fsp3) is 0.0769. The lowest BCUT2D eigenvalue weighted by Crippen LogP contribution is -2.06. The molecule has 0 unspecified atom stereocenters. The van der Waals surface area contributed by atoms with Gasteiger partial charge in [-0.25, -0.2) is 0 Å². The van der Waals surface area contributed by atoms with Crippen molar-refractivity contribution in [3.63, 3.8) is 0 Å². The van der Waals surface area contributed by atoms with Crippen LogP contribution in [0.1, 0.15) is 20.8 Å². The zero-order valence-electron chi connectivity index (χ0n) is 8.40. The minimum absolute atomic E-state index is 0.0212. The Morgan fingerprint density at radius 1 is 1.25 bits per heavy atom. The second-order valence-corrected chi connectivity index (χ2v) is 4.86. The molecule has 0 amide bonds. The number of benzene rings is 1. The van der Waals surface area contributed by atoms with E-state index in [9.17, 15) is 9.59 Å². The summed E-state index contributed by atoms with van der Waals surface area (Å²) in [5.41, 5.74) is 3.08. The SMILES string of the molecule is O=Cc1cc(=O)c2c(s1)-c1ccccc1C2. The quantitative estimate of drug-likeness (QED) is 0.600. The largest absolute Gasteiger partial charge is 0.297 e. The lowest BCUT2D eigenvalue weighted by atomic mass is 10.1. The summed E-state index contributed by atoms with van der Waals surface area (Å²) < 4.78 is 0. The first-order valence-corrected chi connectivity index (χ1v) is 5.82. The van der Waals surface area contributed by atoms with E-state index in [2.05, 4.69) is 0 Å². The highest BCUT2D eigenvalue weighted by atomic mass is 32.1. The molecule has 1 aliphatic rings. The number of fused-ring (bicyclic) bond motifs is 3. The molecule has 0 spiro atoms. The van der Waals surface area contributed by atoms with Crippen molar-refractivity contribution in [2.24, 2.45) is 0 Å². The van der Waals surface area contributed by atoms with E-state index >= 15 is 0 Å². The minimum atomic E-state index is -0.0212. The summed E-state index contributed by atoms with van der Waals surface area (Å²) >= 11 is 1.40. The zero-order chi connectivity index (χ0) is 11.1. The van der Waals surface area contributed by atoms with Crippen LogP contribution in [0.4, 0.5) is 0 Å². The highest BCUT2D eigenvalue weighted by molar-refractivity contribution is 7.16. The summed E-state index contributed by atoms with van der Waals surface area (Å²) in [6.45, 7) is 0.